The van der Waals surface area contributed by atoms with E-state index in [1.807, 2.05) is 12.1 Å². The van der Waals surface area contributed by atoms with Crippen LogP contribution in [-0.4, -0.2) is 38.2 Å². The fourth-order valence-electron chi connectivity index (χ4n) is 2.88. The van der Waals surface area contributed by atoms with Crippen LogP contribution in [0.1, 0.15) is 57.4 Å². The number of hydrogen-bond donors (Lipinski definition) is 2. The Morgan fingerprint density at radius 1 is 1.10 bits per heavy atom. The van der Waals surface area contributed by atoms with Gasteiger partial charge in [-0.15, -0.1) is 0 Å². The molecule has 0 bridgehead atoms. The van der Waals surface area contributed by atoms with Crippen LogP contribution in [0.25, 0.3) is 0 Å². The molecule has 1 aromatic rings. The van der Waals surface area contributed by atoms with Gasteiger partial charge >= 0.3 is 11.9 Å². The smallest absolute Gasteiger partial charge is 0.339 e. The normalized spacial score (nSPS) is 11.7. The minimum atomic E-state index is -0.640. The zero-order valence-corrected chi connectivity index (χ0v) is 17.9. The summed E-state index contributed by atoms with van der Waals surface area (Å²) in [6.45, 7) is 7.57. The molecular formula is C23H36N2O4. The Hall–Kier alpha value is -2.18. The molecule has 0 fully saturated rings. The van der Waals surface area contributed by atoms with E-state index >= 15 is 0 Å². The zero-order chi connectivity index (χ0) is 21.5. The Balaban J connectivity index is 2.27. The van der Waals surface area contributed by atoms with Crippen molar-refractivity contribution in [1.29, 1.82) is 0 Å². The van der Waals surface area contributed by atoms with E-state index in [-0.39, 0.29) is 18.0 Å². The minimum Gasteiger partial charge on any atom is -0.469 e. The highest BCUT2D eigenvalue weighted by atomic mass is 16.5. The minimum absolute atomic E-state index is 0.0309. The number of nitrogens with two attached hydrogens (primary N) is 1. The largest absolute Gasteiger partial charge is 0.469 e. The second-order valence-electron chi connectivity index (χ2n) is 7.33. The first-order valence-electron chi connectivity index (χ1n) is 10.5. The van der Waals surface area contributed by atoms with Crippen molar-refractivity contribution < 1.29 is 19.1 Å². The standard InChI is InChI=1S/C23H36N2O4/c1-4-5-6-7-8-9-14-25-17-20(24)16-19-10-12-21(13-11-19)29-23(27)18(2)15-22(26)28-3/h10-13,20,25H,2,4-9,14-17,24H2,1,3H3. The van der Waals surface area contributed by atoms with Crippen molar-refractivity contribution in [1.82, 2.24) is 5.32 Å². The summed E-state index contributed by atoms with van der Waals surface area (Å²) in [6.07, 6.45) is 8.28. The molecule has 6 heteroatoms. The predicted molar refractivity (Wildman–Crippen MR) is 116 cm³/mol. The molecule has 0 saturated carbocycles. The highest BCUT2D eigenvalue weighted by Crippen LogP contribution is 2.15. The molecule has 0 aliphatic heterocycles. The van der Waals surface area contributed by atoms with Gasteiger partial charge in [-0.3, -0.25) is 4.79 Å². The summed E-state index contributed by atoms with van der Waals surface area (Å²) in [5.74, 6) is -0.764. The van der Waals surface area contributed by atoms with Gasteiger partial charge in [-0.25, -0.2) is 4.79 Å². The summed E-state index contributed by atoms with van der Waals surface area (Å²) in [6, 6.07) is 7.24. The summed E-state index contributed by atoms with van der Waals surface area (Å²) in [7, 11) is 1.26. The number of rotatable bonds is 15. The van der Waals surface area contributed by atoms with Crippen LogP contribution in [0.2, 0.25) is 0 Å². The maximum atomic E-state index is 11.9. The highest BCUT2D eigenvalue weighted by molar-refractivity contribution is 5.94. The molecular weight excluding hydrogens is 368 g/mol. The van der Waals surface area contributed by atoms with Gasteiger partial charge in [-0.2, -0.15) is 0 Å². The average Bonchev–Trinajstić information content (AvgIpc) is 2.71. The molecule has 0 aliphatic rings. The molecule has 0 saturated heterocycles. The maximum absolute atomic E-state index is 11.9. The SMILES string of the molecule is C=C(CC(=O)OC)C(=O)Oc1ccc(CC(N)CNCCCCCCCC)cc1. The van der Waals surface area contributed by atoms with Gasteiger partial charge in [0.1, 0.15) is 5.75 Å². The number of ether oxygens (including phenoxy) is 2. The van der Waals surface area contributed by atoms with E-state index in [9.17, 15) is 9.59 Å². The first kappa shape index (κ1) is 24.9. The number of esters is 2. The Labute approximate surface area is 174 Å². The molecule has 0 aliphatic carbocycles. The molecule has 1 aromatic carbocycles. The van der Waals surface area contributed by atoms with E-state index in [0.29, 0.717) is 5.75 Å². The summed E-state index contributed by atoms with van der Waals surface area (Å²) >= 11 is 0. The highest BCUT2D eigenvalue weighted by Gasteiger charge is 2.14. The molecule has 1 unspecified atom stereocenters. The molecule has 3 N–H and O–H groups in total. The fourth-order valence-corrected chi connectivity index (χ4v) is 2.88. The van der Waals surface area contributed by atoms with Gasteiger partial charge in [-0.05, 0) is 37.1 Å². The van der Waals surface area contributed by atoms with Gasteiger partial charge in [0, 0.05) is 18.2 Å². The first-order valence-corrected chi connectivity index (χ1v) is 10.5. The van der Waals surface area contributed by atoms with Gasteiger partial charge < -0.3 is 20.5 Å². The monoisotopic (exact) mass is 404 g/mol. The van der Waals surface area contributed by atoms with Crippen LogP contribution in [0.5, 0.6) is 5.75 Å². The van der Waals surface area contributed by atoms with E-state index in [1.54, 1.807) is 12.1 Å². The fraction of sp³-hybridized carbons (Fsp3) is 0.565. The quantitative estimate of drug-likeness (QED) is 0.201. The van der Waals surface area contributed by atoms with Gasteiger partial charge in [0.2, 0.25) is 0 Å². The molecule has 1 atom stereocenters. The second-order valence-corrected chi connectivity index (χ2v) is 7.33. The summed E-state index contributed by atoms with van der Waals surface area (Å²) in [5.41, 5.74) is 7.33. The van der Waals surface area contributed by atoms with Crippen LogP contribution in [0, 0.1) is 0 Å². The van der Waals surface area contributed by atoms with Crippen LogP contribution in [0.15, 0.2) is 36.4 Å². The van der Waals surface area contributed by atoms with Crippen LogP contribution >= 0.6 is 0 Å². The van der Waals surface area contributed by atoms with Gasteiger partial charge in [0.05, 0.1) is 13.5 Å². The number of hydrogen-bond acceptors (Lipinski definition) is 6. The van der Waals surface area contributed by atoms with E-state index in [4.69, 9.17) is 10.5 Å². The van der Waals surface area contributed by atoms with Crippen molar-refractivity contribution in [3.63, 3.8) is 0 Å². The van der Waals surface area contributed by atoms with Crippen molar-refractivity contribution in [2.24, 2.45) is 5.73 Å². The van der Waals surface area contributed by atoms with Crippen molar-refractivity contribution in [3.8, 4) is 5.75 Å². The first-order chi connectivity index (χ1) is 14.0. The van der Waals surface area contributed by atoms with Crippen LogP contribution in [0.3, 0.4) is 0 Å². The summed E-state index contributed by atoms with van der Waals surface area (Å²) in [5, 5.41) is 3.42. The number of carbonyl (C=O) groups excluding carboxylic acids is 2. The third kappa shape index (κ3) is 11.4. The maximum Gasteiger partial charge on any atom is 0.339 e. The lowest BCUT2D eigenvalue weighted by Crippen LogP contribution is -2.36. The van der Waals surface area contributed by atoms with Crippen molar-refractivity contribution in [2.45, 2.75) is 64.3 Å². The topological polar surface area (TPSA) is 90.7 Å². The number of methoxy groups -OCH3 is 1. The van der Waals surface area contributed by atoms with Crippen LogP contribution in [-0.2, 0) is 20.7 Å². The Kier molecular flexibility index (Phi) is 12.7. The number of nitrogens with one attached hydrogen (secondary N) is 1. The Bertz CT molecular complexity index is 628. The summed E-state index contributed by atoms with van der Waals surface area (Å²) < 4.78 is 9.73. The van der Waals surface area contributed by atoms with Gasteiger partial charge in [0.25, 0.3) is 0 Å². The molecule has 0 heterocycles. The van der Waals surface area contributed by atoms with E-state index < -0.39 is 11.9 Å². The Morgan fingerprint density at radius 3 is 2.41 bits per heavy atom. The summed E-state index contributed by atoms with van der Waals surface area (Å²) in [4.78, 5) is 23.1. The lowest BCUT2D eigenvalue weighted by molar-refractivity contribution is -0.141. The second kappa shape index (κ2) is 14.8. The van der Waals surface area contributed by atoms with Gasteiger partial charge in [-0.1, -0.05) is 57.7 Å². The molecule has 29 heavy (non-hydrogen) atoms. The number of unbranched alkanes of at least 4 members (excludes halogenated alkanes) is 5. The molecule has 0 aromatic heterocycles. The molecule has 0 amide bonds. The molecule has 1 rings (SSSR count). The number of carbonyl (C=O) groups is 2. The predicted octanol–water partition coefficient (Wildman–Crippen LogP) is 3.53. The Morgan fingerprint density at radius 2 is 1.76 bits per heavy atom. The van der Waals surface area contributed by atoms with Crippen molar-refractivity contribution in [3.05, 3.63) is 42.0 Å². The van der Waals surface area contributed by atoms with E-state index in [2.05, 4.69) is 23.6 Å². The molecule has 0 spiro atoms. The third-order valence-electron chi connectivity index (χ3n) is 4.62. The van der Waals surface area contributed by atoms with Crippen LogP contribution in [0.4, 0.5) is 0 Å². The lowest BCUT2D eigenvalue weighted by Gasteiger charge is -2.13. The van der Waals surface area contributed by atoms with Crippen LogP contribution < -0.4 is 15.8 Å². The van der Waals surface area contributed by atoms with E-state index in [0.717, 1.165) is 25.1 Å². The molecule has 162 valence electrons. The molecule has 0 radical (unpaired) electrons. The lowest BCUT2D eigenvalue weighted by atomic mass is 10.1. The van der Waals surface area contributed by atoms with Crippen molar-refractivity contribution >= 4 is 11.9 Å². The van der Waals surface area contributed by atoms with Crippen molar-refractivity contribution in [2.75, 3.05) is 20.2 Å². The molecule has 6 nitrogen and oxygen atoms in total. The average molecular weight is 405 g/mol. The zero-order valence-electron chi connectivity index (χ0n) is 17.9. The van der Waals surface area contributed by atoms with E-state index in [1.165, 1.54) is 45.6 Å². The third-order valence-corrected chi connectivity index (χ3v) is 4.62. The number of benzene rings is 1. The van der Waals surface area contributed by atoms with Gasteiger partial charge in [0.15, 0.2) is 0 Å².